The van der Waals surface area contributed by atoms with Crippen LogP contribution in [0, 0.1) is 11.6 Å². The Morgan fingerprint density at radius 3 is 1.18 bits per heavy atom. The Kier molecular flexibility index (Phi) is 9.89. The Hall–Kier alpha value is -7.12. The van der Waals surface area contributed by atoms with Gasteiger partial charge in [0.25, 0.3) is 0 Å². The number of fused-ring (bicyclic) bond motifs is 14. The lowest BCUT2D eigenvalue weighted by Crippen LogP contribution is -2.19. The number of halogens is 2. The average molecular weight is 973 g/mol. The predicted molar refractivity (Wildman–Crippen MR) is 303 cm³/mol. The lowest BCUT2D eigenvalue weighted by molar-refractivity contribution is 0.439. The molecule has 0 saturated heterocycles. The van der Waals surface area contributed by atoms with Crippen molar-refractivity contribution in [2.24, 2.45) is 0 Å². The lowest BCUT2D eigenvalue weighted by Gasteiger charge is -2.37. The van der Waals surface area contributed by atoms with Crippen molar-refractivity contribution in [1.29, 1.82) is 0 Å². The van der Waals surface area contributed by atoms with Gasteiger partial charge < -0.3 is 9.13 Å². The van der Waals surface area contributed by atoms with E-state index in [1.54, 1.807) is 24.3 Å². The highest BCUT2D eigenvalue weighted by Crippen LogP contribution is 2.57. The van der Waals surface area contributed by atoms with Gasteiger partial charge in [0, 0.05) is 78.6 Å². The highest BCUT2D eigenvalue weighted by molar-refractivity contribution is 7.27. The number of hydrogen-bond donors (Lipinski definition) is 0. The number of nitrogens with zero attached hydrogens (tertiary/aromatic N) is 2. The lowest BCUT2D eigenvalue weighted by atomic mass is 9.72. The van der Waals surface area contributed by atoms with Crippen molar-refractivity contribution in [3.63, 3.8) is 0 Å². The van der Waals surface area contributed by atoms with Gasteiger partial charge >= 0.3 is 0 Å². The van der Waals surface area contributed by atoms with Crippen LogP contribution >= 0.6 is 22.7 Å². The van der Waals surface area contributed by atoms with Crippen molar-refractivity contribution in [3.8, 4) is 33.6 Å². The molecule has 0 amide bonds. The zero-order valence-electron chi connectivity index (χ0n) is 39.9. The molecule has 2 fully saturated rings. The second-order valence-corrected chi connectivity index (χ2v) is 22.6. The van der Waals surface area contributed by atoms with Crippen molar-refractivity contribution >= 4 is 107 Å². The number of hydrogen-bond acceptors (Lipinski definition) is 2. The van der Waals surface area contributed by atoms with Gasteiger partial charge in [0.05, 0.1) is 33.4 Å². The van der Waals surface area contributed by atoms with Crippen molar-refractivity contribution in [1.82, 2.24) is 9.13 Å². The van der Waals surface area contributed by atoms with Crippen LogP contribution in [0.2, 0.25) is 0 Å². The van der Waals surface area contributed by atoms with Gasteiger partial charge in [0.2, 0.25) is 0 Å². The molecule has 2 nitrogen and oxygen atoms in total. The minimum Gasteiger partial charge on any atom is -0.308 e. The van der Waals surface area contributed by atoms with E-state index in [2.05, 4.69) is 130 Å². The third-order valence-corrected chi connectivity index (χ3v) is 19.0. The molecule has 0 N–H and O–H groups in total. The Balaban J connectivity index is 1.22. The monoisotopic (exact) mass is 972 g/mol. The molecule has 13 aromatic rings. The van der Waals surface area contributed by atoms with E-state index in [0.29, 0.717) is 0 Å². The number of rotatable bonds is 6. The fraction of sp³-hybridized carbons (Fsp3) is 0.182. The summed E-state index contributed by atoms with van der Waals surface area (Å²) in [6.07, 6.45) is 11.1. The molecule has 72 heavy (non-hydrogen) atoms. The molecule has 2 aliphatic rings. The Labute approximate surface area is 424 Å². The largest absolute Gasteiger partial charge is 0.308 e. The van der Waals surface area contributed by atoms with E-state index in [1.165, 1.54) is 130 Å². The van der Waals surface area contributed by atoms with E-state index in [1.807, 2.05) is 46.9 Å². The summed E-state index contributed by atoms with van der Waals surface area (Å²) in [5.41, 5.74) is 14.1. The molecule has 0 bridgehead atoms. The maximum atomic E-state index is 15.5. The summed E-state index contributed by atoms with van der Waals surface area (Å²) in [4.78, 5) is 0. The van der Waals surface area contributed by atoms with Crippen LogP contribution in [-0.4, -0.2) is 9.13 Å². The van der Waals surface area contributed by atoms with Crippen LogP contribution in [0.4, 0.5) is 8.78 Å². The van der Waals surface area contributed by atoms with Gasteiger partial charge in [-0.1, -0.05) is 148 Å². The van der Waals surface area contributed by atoms with E-state index in [9.17, 15) is 0 Å². The SMILES string of the molecule is Fc1ccc(-c2c(C3CCCCC3)c(-c3ccc(F)cc3)c(-n3c4ccccc4c4c5sc6ccccc6c5ccc43)c(C3CCCCC3)c2-n2c3ccccc3c3c4sc5ccccc5c4ccc32)cc1. The third kappa shape index (κ3) is 6.34. The molecule has 4 aromatic heterocycles. The van der Waals surface area contributed by atoms with Gasteiger partial charge in [0.15, 0.2) is 0 Å². The molecule has 0 radical (unpaired) electrons. The number of thiophene rings is 2. The molecule has 0 aliphatic heterocycles. The first kappa shape index (κ1) is 42.6. The molecule has 9 aromatic carbocycles. The number of aromatic nitrogens is 2. The Morgan fingerprint density at radius 2 is 0.736 bits per heavy atom. The average Bonchev–Trinajstić information content (AvgIpc) is 4.19. The highest BCUT2D eigenvalue weighted by atomic mass is 32.1. The Bertz CT molecular complexity index is 4050. The third-order valence-electron chi connectivity index (χ3n) is 16.6. The number of benzene rings is 9. The van der Waals surface area contributed by atoms with E-state index in [0.717, 1.165) is 62.5 Å². The summed E-state index contributed by atoms with van der Waals surface area (Å²) in [6, 6.07) is 60.1. The first-order valence-corrected chi connectivity index (χ1v) is 27.7. The van der Waals surface area contributed by atoms with Crippen LogP contribution in [0.15, 0.2) is 170 Å². The molecule has 2 aliphatic carbocycles. The summed E-state index contributed by atoms with van der Waals surface area (Å²) in [5.74, 6) is -0.105. The molecule has 15 rings (SSSR count). The minimum atomic E-state index is -0.246. The van der Waals surface area contributed by atoms with Crippen molar-refractivity contribution in [3.05, 3.63) is 193 Å². The van der Waals surface area contributed by atoms with Crippen LogP contribution in [0.1, 0.15) is 87.2 Å². The summed E-state index contributed by atoms with van der Waals surface area (Å²) in [5, 5.41) is 10.2. The molecular weight excluding hydrogens is 923 g/mol. The Morgan fingerprint density at radius 1 is 0.347 bits per heavy atom. The van der Waals surface area contributed by atoms with Crippen LogP contribution in [0.5, 0.6) is 0 Å². The van der Waals surface area contributed by atoms with Crippen LogP contribution in [0.25, 0.3) is 118 Å². The topological polar surface area (TPSA) is 9.86 Å². The zero-order valence-corrected chi connectivity index (χ0v) is 41.5. The summed E-state index contributed by atoms with van der Waals surface area (Å²) < 4.78 is 41.5. The molecule has 0 atom stereocenters. The number of para-hydroxylation sites is 2. The van der Waals surface area contributed by atoms with Gasteiger partial charge in [-0.15, -0.1) is 22.7 Å². The molecule has 4 heterocycles. The summed E-state index contributed by atoms with van der Waals surface area (Å²) >= 11 is 3.79. The molecular formula is C66H50F2N2S2. The summed E-state index contributed by atoms with van der Waals surface area (Å²) in [7, 11) is 0. The molecule has 6 heteroatoms. The maximum absolute atomic E-state index is 15.5. The van der Waals surface area contributed by atoms with Crippen LogP contribution in [0.3, 0.4) is 0 Å². The van der Waals surface area contributed by atoms with Gasteiger partial charge in [0.1, 0.15) is 11.6 Å². The second kappa shape index (κ2) is 16.7. The highest BCUT2D eigenvalue weighted by Gasteiger charge is 2.37. The standard InChI is InChI=1S/C66H50F2N2S2/c67-43-31-27-41(28-32-43)58-57(39-15-3-1-4-16-39)59(42-29-33-44(68)34-30-42)64(70-52-24-12-8-22-50(52)62-54(70)38-36-48-46-20-10-14-26-56(46)72-66(48)62)60(40-17-5-2-6-18-40)63(58)69-51-23-11-7-21-49(51)61-53(69)37-35-47-45-19-9-13-25-55(45)71-65(47)61/h7-14,19-40H,1-6,15-18H2. The minimum absolute atomic E-state index is 0.191. The van der Waals surface area contributed by atoms with E-state index < -0.39 is 0 Å². The predicted octanol–water partition coefficient (Wildman–Crippen LogP) is 20.3. The zero-order chi connectivity index (χ0) is 47.6. The van der Waals surface area contributed by atoms with Gasteiger partial charge in [-0.2, -0.15) is 0 Å². The van der Waals surface area contributed by atoms with Gasteiger partial charge in [-0.25, -0.2) is 8.78 Å². The quantitative estimate of drug-likeness (QED) is 0.157. The molecule has 2 saturated carbocycles. The van der Waals surface area contributed by atoms with E-state index >= 15 is 8.78 Å². The molecule has 350 valence electrons. The molecule has 0 unspecified atom stereocenters. The van der Waals surface area contributed by atoms with Gasteiger partial charge in [-0.3, -0.25) is 0 Å². The van der Waals surface area contributed by atoms with Gasteiger partial charge in [-0.05, 0) is 115 Å². The van der Waals surface area contributed by atoms with Crippen molar-refractivity contribution in [2.45, 2.75) is 76.0 Å². The fourth-order valence-corrected chi connectivity index (χ4v) is 16.1. The van der Waals surface area contributed by atoms with Crippen molar-refractivity contribution in [2.75, 3.05) is 0 Å². The summed E-state index contributed by atoms with van der Waals surface area (Å²) in [6.45, 7) is 0. The van der Waals surface area contributed by atoms with E-state index in [4.69, 9.17) is 0 Å². The second-order valence-electron chi connectivity index (χ2n) is 20.5. The van der Waals surface area contributed by atoms with Crippen LogP contribution < -0.4 is 0 Å². The van der Waals surface area contributed by atoms with Crippen molar-refractivity contribution < 1.29 is 8.78 Å². The first-order valence-electron chi connectivity index (χ1n) is 26.0. The maximum Gasteiger partial charge on any atom is 0.123 e. The normalized spacial score (nSPS) is 15.2. The first-order chi connectivity index (χ1) is 35.6. The van der Waals surface area contributed by atoms with Crippen LogP contribution in [-0.2, 0) is 0 Å². The smallest absolute Gasteiger partial charge is 0.123 e. The van der Waals surface area contributed by atoms with E-state index in [-0.39, 0.29) is 23.5 Å². The molecule has 0 spiro atoms. The fourth-order valence-electron chi connectivity index (χ4n) is 13.6.